The molecule has 0 saturated carbocycles. The molecule has 0 radical (unpaired) electrons. The first-order valence-electron chi connectivity index (χ1n) is 6.88. The van der Waals surface area contributed by atoms with Crippen LogP contribution < -0.4 is 5.32 Å². The molecule has 0 spiro atoms. The molecule has 20 heavy (non-hydrogen) atoms. The minimum Gasteiger partial charge on any atom is -0.352 e. The molecule has 1 aliphatic rings. The number of aromatic nitrogens is 3. The molecule has 1 saturated heterocycles. The number of nitrogens with zero attached hydrogens (tertiary/aromatic N) is 5. The first kappa shape index (κ1) is 13.8. The molecule has 0 unspecified atom stereocenters. The first-order valence-corrected chi connectivity index (χ1v) is 7.67. The van der Waals surface area contributed by atoms with Crippen LogP contribution in [0.15, 0.2) is 22.8 Å². The summed E-state index contributed by atoms with van der Waals surface area (Å²) in [5.41, 5.74) is 0.842. The zero-order valence-electron chi connectivity index (χ0n) is 11.6. The Hall–Kier alpha value is -1.18. The Kier molecular flexibility index (Phi) is 4.18. The Bertz CT molecular complexity index is 575. The quantitative estimate of drug-likeness (QED) is 0.906. The topological polar surface area (TPSA) is 48.7 Å². The van der Waals surface area contributed by atoms with Crippen LogP contribution in [0.25, 0.3) is 5.65 Å². The minimum atomic E-state index is 0.686. The molecule has 0 aromatic carbocycles. The second kappa shape index (κ2) is 6.07. The number of pyridine rings is 1. The summed E-state index contributed by atoms with van der Waals surface area (Å²) in [5, 5.41) is 7.71. The number of likely N-dealkylation sites (N-methyl/N-ethyl adjacent to an activating group) is 1. The molecule has 2 aromatic rings. The van der Waals surface area contributed by atoms with Crippen molar-refractivity contribution in [1.29, 1.82) is 0 Å². The van der Waals surface area contributed by atoms with Crippen LogP contribution in [0, 0.1) is 0 Å². The third-order valence-corrected chi connectivity index (χ3v) is 4.24. The van der Waals surface area contributed by atoms with Gasteiger partial charge in [-0.25, -0.2) is 4.52 Å². The van der Waals surface area contributed by atoms with Gasteiger partial charge in [0.05, 0.1) is 4.47 Å². The fraction of sp³-hybridized carbons (Fsp3) is 0.538. The number of piperazine rings is 1. The number of rotatable bonds is 4. The molecule has 1 fully saturated rings. The second-order valence-corrected chi connectivity index (χ2v) is 5.99. The predicted molar refractivity (Wildman–Crippen MR) is 83.1 cm³/mol. The van der Waals surface area contributed by atoms with Gasteiger partial charge in [-0.2, -0.15) is 4.98 Å². The lowest BCUT2D eigenvalue weighted by Crippen LogP contribution is -2.45. The average molecular weight is 339 g/mol. The summed E-state index contributed by atoms with van der Waals surface area (Å²) >= 11 is 3.48. The molecule has 0 aliphatic carbocycles. The van der Waals surface area contributed by atoms with E-state index in [1.807, 2.05) is 18.3 Å². The number of hydrogen-bond donors (Lipinski definition) is 1. The van der Waals surface area contributed by atoms with E-state index in [2.05, 4.69) is 48.2 Å². The summed E-state index contributed by atoms with van der Waals surface area (Å²) < 4.78 is 2.74. The van der Waals surface area contributed by atoms with Gasteiger partial charge in [0, 0.05) is 45.5 Å². The van der Waals surface area contributed by atoms with Gasteiger partial charge in [-0.15, -0.1) is 5.10 Å². The highest BCUT2D eigenvalue weighted by atomic mass is 79.9. The molecule has 6 nitrogen and oxygen atoms in total. The standard InChI is InChI=1S/C13H19BrN6/c1-18-7-9-19(10-8-18)6-4-15-13-16-12-11(14)3-2-5-20(12)17-13/h2-3,5H,4,6-10H2,1H3,(H,15,17). The first-order chi connectivity index (χ1) is 9.72. The SMILES string of the molecule is CN1CCN(CCNc2nc3c(Br)cccn3n2)CC1. The molecule has 1 N–H and O–H groups in total. The Balaban J connectivity index is 1.53. The smallest absolute Gasteiger partial charge is 0.243 e. The van der Waals surface area contributed by atoms with Crippen molar-refractivity contribution in [3.8, 4) is 0 Å². The molecule has 108 valence electrons. The normalized spacial score (nSPS) is 17.7. The van der Waals surface area contributed by atoms with Crippen LogP contribution in [0.1, 0.15) is 0 Å². The molecule has 0 atom stereocenters. The van der Waals surface area contributed by atoms with Crippen molar-refractivity contribution >= 4 is 27.5 Å². The molecule has 3 rings (SSSR count). The summed E-state index contributed by atoms with van der Waals surface area (Å²) in [5.74, 6) is 0.686. The van der Waals surface area contributed by atoms with Crippen LogP contribution >= 0.6 is 15.9 Å². The highest BCUT2D eigenvalue weighted by Crippen LogP contribution is 2.16. The van der Waals surface area contributed by atoms with Crippen molar-refractivity contribution in [1.82, 2.24) is 24.4 Å². The van der Waals surface area contributed by atoms with Crippen LogP contribution in [-0.2, 0) is 0 Å². The van der Waals surface area contributed by atoms with E-state index in [1.165, 1.54) is 0 Å². The molecular weight excluding hydrogens is 320 g/mol. The lowest BCUT2D eigenvalue weighted by Gasteiger charge is -2.32. The molecule has 0 amide bonds. The van der Waals surface area contributed by atoms with Crippen molar-refractivity contribution in [2.75, 3.05) is 51.6 Å². The molecular formula is C13H19BrN6. The van der Waals surface area contributed by atoms with Crippen molar-refractivity contribution in [2.45, 2.75) is 0 Å². The van der Waals surface area contributed by atoms with Crippen LogP contribution in [-0.4, -0.2) is 70.7 Å². The van der Waals surface area contributed by atoms with Crippen molar-refractivity contribution in [3.63, 3.8) is 0 Å². The van der Waals surface area contributed by atoms with Gasteiger partial charge in [0.15, 0.2) is 5.65 Å². The van der Waals surface area contributed by atoms with E-state index in [0.717, 1.165) is 49.4 Å². The maximum absolute atomic E-state index is 4.47. The molecule has 7 heteroatoms. The van der Waals surface area contributed by atoms with E-state index in [0.29, 0.717) is 5.95 Å². The fourth-order valence-corrected chi connectivity index (χ4v) is 2.77. The lowest BCUT2D eigenvalue weighted by molar-refractivity contribution is 0.158. The van der Waals surface area contributed by atoms with E-state index in [4.69, 9.17) is 0 Å². The summed E-state index contributed by atoms with van der Waals surface area (Å²) in [6, 6.07) is 3.91. The average Bonchev–Trinajstić information content (AvgIpc) is 2.85. The van der Waals surface area contributed by atoms with Crippen LogP contribution in [0.3, 0.4) is 0 Å². The largest absolute Gasteiger partial charge is 0.352 e. The van der Waals surface area contributed by atoms with Gasteiger partial charge in [0.1, 0.15) is 0 Å². The summed E-state index contributed by atoms with van der Waals surface area (Å²) in [4.78, 5) is 9.31. The Morgan fingerprint density at radius 2 is 2.10 bits per heavy atom. The van der Waals surface area contributed by atoms with Gasteiger partial charge < -0.3 is 10.2 Å². The Morgan fingerprint density at radius 1 is 1.30 bits per heavy atom. The van der Waals surface area contributed by atoms with Crippen LogP contribution in [0.5, 0.6) is 0 Å². The highest BCUT2D eigenvalue weighted by molar-refractivity contribution is 9.10. The highest BCUT2D eigenvalue weighted by Gasteiger charge is 2.13. The Labute approximate surface area is 126 Å². The number of hydrogen-bond acceptors (Lipinski definition) is 5. The number of halogens is 1. The third kappa shape index (κ3) is 3.11. The van der Waals surface area contributed by atoms with Crippen LogP contribution in [0.4, 0.5) is 5.95 Å². The number of anilines is 1. The van der Waals surface area contributed by atoms with Crippen molar-refractivity contribution in [3.05, 3.63) is 22.8 Å². The van der Waals surface area contributed by atoms with Gasteiger partial charge in [-0.05, 0) is 35.1 Å². The summed E-state index contributed by atoms with van der Waals surface area (Å²) in [7, 11) is 2.17. The van der Waals surface area contributed by atoms with Crippen LogP contribution in [0.2, 0.25) is 0 Å². The summed E-state index contributed by atoms with van der Waals surface area (Å²) in [6.45, 7) is 6.49. The minimum absolute atomic E-state index is 0.686. The van der Waals surface area contributed by atoms with Crippen molar-refractivity contribution < 1.29 is 0 Å². The van der Waals surface area contributed by atoms with Crippen molar-refractivity contribution in [2.24, 2.45) is 0 Å². The number of fused-ring (bicyclic) bond motifs is 1. The Morgan fingerprint density at radius 3 is 2.85 bits per heavy atom. The predicted octanol–water partition coefficient (Wildman–Crippen LogP) is 1.15. The monoisotopic (exact) mass is 338 g/mol. The summed E-state index contributed by atoms with van der Waals surface area (Å²) in [6.07, 6.45) is 1.90. The second-order valence-electron chi connectivity index (χ2n) is 5.13. The maximum atomic E-state index is 4.47. The zero-order chi connectivity index (χ0) is 13.9. The molecule has 0 bridgehead atoms. The zero-order valence-corrected chi connectivity index (χ0v) is 13.2. The molecule has 2 aromatic heterocycles. The van der Waals surface area contributed by atoms with E-state index in [1.54, 1.807) is 4.52 Å². The molecule has 3 heterocycles. The number of nitrogens with one attached hydrogen (secondary N) is 1. The maximum Gasteiger partial charge on any atom is 0.243 e. The van der Waals surface area contributed by atoms with E-state index in [-0.39, 0.29) is 0 Å². The van der Waals surface area contributed by atoms with Gasteiger partial charge in [0.25, 0.3) is 0 Å². The van der Waals surface area contributed by atoms with Gasteiger partial charge >= 0.3 is 0 Å². The van der Waals surface area contributed by atoms with E-state index >= 15 is 0 Å². The van der Waals surface area contributed by atoms with E-state index in [9.17, 15) is 0 Å². The van der Waals surface area contributed by atoms with E-state index < -0.39 is 0 Å². The van der Waals surface area contributed by atoms with Gasteiger partial charge in [0.2, 0.25) is 5.95 Å². The van der Waals surface area contributed by atoms with Gasteiger partial charge in [-0.1, -0.05) is 0 Å². The lowest BCUT2D eigenvalue weighted by atomic mass is 10.3. The van der Waals surface area contributed by atoms with Gasteiger partial charge in [-0.3, -0.25) is 4.90 Å². The molecule has 1 aliphatic heterocycles. The third-order valence-electron chi connectivity index (χ3n) is 3.62. The fourth-order valence-electron chi connectivity index (χ4n) is 2.35.